The van der Waals surface area contributed by atoms with Crippen LogP contribution in [0.15, 0.2) is 60.3 Å². The van der Waals surface area contributed by atoms with Crippen LogP contribution in [0.5, 0.6) is 11.6 Å². The number of nitrogens with zero attached hydrogens (tertiary/aromatic N) is 7. The molecule has 0 aliphatic carbocycles. The van der Waals surface area contributed by atoms with Crippen molar-refractivity contribution in [1.82, 2.24) is 34.6 Å². The van der Waals surface area contributed by atoms with Crippen molar-refractivity contribution in [2.24, 2.45) is 4.99 Å². The number of ether oxygens (including phenoxy) is 2. The van der Waals surface area contributed by atoms with Gasteiger partial charge in [-0.05, 0) is 36.6 Å². The minimum atomic E-state index is -2.59. The average molecular weight is 549 g/mol. The Balaban J connectivity index is 1.17. The lowest BCUT2D eigenvalue weighted by atomic mass is 9.87. The Hall–Kier alpha value is -4.32. The van der Waals surface area contributed by atoms with Crippen LogP contribution in [0.2, 0.25) is 0 Å². The van der Waals surface area contributed by atoms with Gasteiger partial charge in [-0.1, -0.05) is 12.6 Å². The van der Waals surface area contributed by atoms with Crippen LogP contribution in [0, 0.1) is 0 Å². The molecule has 40 heavy (non-hydrogen) atoms. The van der Waals surface area contributed by atoms with E-state index in [2.05, 4.69) is 42.7 Å². The predicted molar refractivity (Wildman–Crippen MR) is 148 cm³/mol. The number of methoxy groups -OCH3 is 1. The highest BCUT2D eigenvalue weighted by Gasteiger charge is 2.44. The molecule has 3 fully saturated rings. The molecule has 2 unspecified atom stereocenters. The molecule has 208 valence electrons. The molecular formula is C28H30F2N8O2. The number of fused-ring (bicyclic) bond motifs is 5. The lowest BCUT2D eigenvalue weighted by Crippen LogP contribution is -2.67. The summed E-state index contributed by atoms with van der Waals surface area (Å²) < 4.78 is 37.7. The van der Waals surface area contributed by atoms with Crippen molar-refractivity contribution in [3.8, 4) is 11.6 Å². The van der Waals surface area contributed by atoms with Crippen molar-refractivity contribution in [2.75, 3.05) is 26.8 Å². The fourth-order valence-electron chi connectivity index (χ4n) is 5.54. The van der Waals surface area contributed by atoms with Crippen molar-refractivity contribution in [2.45, 2.75) is 38.4 Å². The van der Waals surface area contributed by atoms with E-state index in [1.54, 1.807) is 36.3 Å². The third-order valence-corrected chi connectivity index (χ3v) is 7.48. The lowest BCUT2D eigenvalue weighted by Gasteiger charge is -2.57. The highest BCUT2D eigenvalue weighted by Crippen LogP contribution is 2.36. The maximum Gasteiger partial charge on any atom is 0.272 e. The summed E-state index contributed by atoms with van der Waals surface area (Å²) >= 11 is 0. The summed E-state index contributed by atoms with van der Waals surface area (Å²) in [6, 6.07) is 6.54. The van der Waals surface area contributed by atoms with Gasteiger partial charge in [0.1, 0.15) is 18.2 Å². The number of pyridine rings is 2. The first-order chi connectivity index (χ1) is 19.4. The van der Waals surface area contributed by atoms with E-state index < -0.39 is 13.0 Å². The van der Waals surface area contributed by atoms with Crippen LogP contribution in [-0.4, -0.2) is 86.1 Å². The van der Waals surface area contributed by atoms with E-state index >= 15 is 0 Å². The van der Waals surface area contributed by atoms with E-state index in [1.165, 1.54) is 12.0 Å². The molecule has 10 nitrogen and oxygen atoms in total. The van der Waals surface area contributed by atoms with Gasteiger partial charge in [0, 0.05) is 55.8 Å². The number of aromatic nitrogens is 5. The van der Waals surface area contributed by atoms with E-state index in [9.17, 15) is 8.78 Å². The fraction of sp³-hybridized carbons (Fsp3) is 0.357. The number of allylic oxidation sites excluding steroid dienone is 2. The number of aromatic amines is 1. The quantitative estimate of drug-likeness (QED) is 0.297. The predicted octanol–water partition coefficient (Wildman–Crippen LogP) is 4.16. The minimum Gasteiger partial charge on any atom is -0.486 e. The number of piperazine rings is 1. The number of nitrogens with one attached hydrogen (secondary N) is 1. The second kappa shape index (κ2) is 10.7. The molecule has 0 saturated carbocycles. The van der Waals surface area contributed by atoms with Crippen LogP contribution in [0.4, 0.5) is 8.78 Å². The van der Waals surface area contributed by atoms with Crippen LogP contribution in [0.1, 0.15) is 24.5 Å². The standard InChI is InChI=1S/C28H30F2N8O2/c1-4-25(36-13-19-7-20(14-36)37(19)12-18-5-6-26(39-3)32-10-18)31-9-17(2)22-8-21(40-16-24(29)30)15-38-27(22)23-11-33-34-28(23)35-38/h4-6,8-11,15,19-20,24H,2,7,12-14,16H2,1,3H3,(H,34,35)/b25-4+,31-9?. The molecule has 0 spiro atoms. The average Bonchev–Trinajstić information content (AvgIpc) is 3.56. The second-order valence-corrected chi connectivity index (χ2v) is 9.98. The van der Waals surface area contributed by atoms with Crippen LogP contribution >= 0.6 is 0 Å². The SMILES string of the molecule is C=C(C=N/C(=C\C)N1CC2CC(C1)N2Cc1ccc(OC)nc1)c1cc(OCC(F)F)cn2nc3[nH]ncc3c12. The fourth-order valence-corrected chi connectivity index (χ4v) is 5.54. The molecule has 2 atom stereocenters. The first-order valence-electron chi connectivity index (χ1n) is 13.1. The minimum absolute atomic E-state index is 0.269. The van der Waals surface area contributed by atoms with Gasteiger partial charge < -0.3 is 14.4 Å². The summed E-state index contributed by atoms with van der Waals surface area (Å²) in [5.74, 6) is 1.75. The Morgan fingerprint density at radius 3 is 2.80 bits per heavy atom. The smallest absolute Gasteiger partial charge is 0.272 e. The Bertz CT molecular complexity index is 1580. The molecule has 0 amide bonds. The Morgan fingerprint density at radius 1 is 1.27 bits per heavy atom. The van der Waals surface area contributed by atoms with Gasteiger partial charge >= 0.3 is 0 Å². The molecule has 4 aromatic heterocycles. The molecule has 7 heterocycles. The van der Waals surface area contributed by atoms with Gasteiger partial charge in [0.05, 0.1) is 30.4 Å². The van der Waals surface area contributed by atoms with Gasteiger partial charge in [-0.15, -0.1) is 5.10 Å². The normalized spacial score (nSPS) is 19.6. The number of aliphatic imine (C=N–C) groups is 1. The molecule has 4 aromatic rings. The second-order valence-electron chi connectivity index (χ2n) is 9.98. The summed E-state index contributed by atoms with van der Waals surface area (Å²) in [6.07, 6.45) is 7.41. The van der Waals surface area contributed by atoms with Crippen LogP contribution in [-0.2, 0) is 6.54 Å². The highest BCUT2D eigenvalue weighted by molar-refractivity contribution is 6.14. The van der Waals surface area contributed by atoms with Gasteiger partial charge in [-0.25, -0.2) is 23.3 Å². The van der Waals surface area contributed by atoms with Crippen molar-refractivity contribution in [3.63, 3.8) is 0 Å². The molecule has 0 aromatic carbocycles. The topological polar surface area (TPSA) is 96.2 Å². The van der Waals surface area contributed by atoms with Crippen LogP contribution in [0.25, 0.3) is 22.1 Å². The number of H-pyrrole nitrogens is 1. The number of halogens is 2. The first-order valence-corrected chi connectivity index (χ1v) is 13.1. The summed E-state index contributed by atoms with van der Waals surface area (Å²) in [6.45, 7) is 8.11. The molecule has 3 saturated heterocycles. The monoisotopic (exact) mass is 548 g/mol. The van der Waals surface area contributed by atoms with Crippen molar-refractivity contribution in [1.29, 1.82) is 0 Å². The maximum absolute atomic E-state index is 12.8. The van der Waals surface area contributed by atoms with Crippen LogP contribution < -0.4 is 9.47 Å². The molecule has 3 aliphatic heterocycles. The zero-order valence-corrected chi connectivity index (χ0v) is 22.3. The summed E-state index contributed by atoms with van der Waals surface area (Å²) in [5.41, 5.74) is 3.77. The number of alkyl halides is 2. The van der Waals surface area contributed by atoms with E-state index in [4.69, 9.17) is 14.5 Å². The van der Waals surface area contributed by atoms with E-state index in [0.717, 1.165) is 36.4 Å². The van der Waals surface area contributed by atoms with Gasteiger partial charge in [-0.2, -0.15) is 5.10 Å². The van der Waals surface area contributed by atoms with Crippen molar-refractivity contribution in [3.05, 3.63) is 66.4 Å². The first kappa shape index (κ1) is 25.9. The lowest BCUT2D eigenvalue weighted by molar-refractivity contribution is -0.0645. The van der Waals surface area contributed by atoms with E-state index in [0.29, 0.717) is 34.7 Å². The van der Waals surface area contributed by atoms with E-state index in [1.807, 2.05) is 25.3 Å². The van der Waals surface area contributed by atoms with Crippen LogP contribution in [0.3, 0.4) is 0 Å². The van der Waals surface area contributed by atoms with E-state index in [-0.39, 0.29) is 5.75 Å². The van der Waals surface area contributed by atoms with Gasteiger partial charge in [0.25, 0.3) is 6.43 Å². The molecule has 7 rings (SSSR count). The summed E-state index contributed by atoms with van der Waals surface area (Å²) in [7, 11) is 1.62. The third kappa shape index (κ3) is 4.90. The summed E-state index contributed by atoms with van der Waals surface area (Å²) in [4.78, 5) is 13.9. The molecular weight excluding hydrogens is 518 g/mol. The Kier molecular flexibility index (Phi) is 6.93. The zero-order valence-electron chi connectivity index (χ0n) is 22.3. The molecule has 1 N–H and O–H groups in total. The third-order valence-electron chi connectivity index (χ3n) is 7.48. The maximum atomic E-state index is 12.8. The number of hydrogen-bond donors (Lipinski definition) is 1. The highest BCUT2D eigenvalue weighted by atomic mass is 19.3. The number of piperidine rings is 1. The van der Waals surface area contributed by atoms with Gasteiger partial charge in [-0.3, -0.25) is 10.00 Å². The number of hydrogen-bond acceptors (Lipinski definition) is 8. The van der Waals surface area contributed by atoms with Crippen molar-refractivity contribution >= 4 is 28.3 Å². The molecule has 2 bridgehead atoms. The molecule has 12 heteroatoms. The molecule has 0 radical (unpaired) electrons. The Labute approximate surface area is 229 Å². The zero-order chi connectivity index (χ0) is 27.8. The van der Waals surface area contributed by atoms with Gasteiger partial charge in [0.2, 0.25) is 5.88 Å². The summed E-state index contributed by atoms with van der Waals surface area (Å²) in [5, 5.41) is 12.2. The Morgan fingerprint density at radius 2 is 2.10 bits per heavy atom. The molecule has 3 aliphatic rings. The van der Waals surface area contributed by atoms with Gasteiger partial charge in [0.15, 0.2) is 5.65 Å². The van der Waals surface area contributed by atoms with Crippen molar-refractivity contribution < 1.29 is 18.3 Å². The number of rotatable bonds is 10. The largest absolute Gasteiger partial charge is 0.486 e.